The van der Waals surface area contributed by atoms with Crippen LogP contribution in [0.5, 0.6) is 0 Å². The fraction of sp³-hybridized carbons (Fsp3) is 0.0870. The van der Waals surface area contributed by atoms with E-state index in [4.69, 9.17) is 4.74 Å². The summed E-state index contributed by atoms with van der Waals surface area (Å²) < 4.78 is 11.1. The van der Waals surface area contributed by atoms with Gasteiger partial charge >= 0.3 is 11.9 Å². The lowest BCUT2D eigenvalue weighted by molar-refractivity contribution is 0.0465. The Balaban J connectivity index is 1.59. The molecular formula is C23H16N4O5. The zero-order valence-electron chi connectivity index (χ0n) is 16.9. The van der Waals surface area contributed by atoms with Crippen LogP contribution < -0.4 is 5.56 Å². The number of nitriles is 1. The third-order valence-electron chi connectivity index (χ3n) is 4.77. The molecule has 158 valence electrons. The van der Waals surface area contributed by atoms with Crippen LogP contribution in [0.4, 0.5) is 0 Å². The highest BCUT2D eigenvalue weighted by molar-refractivity contribution is 5.92. The maximum atomic E-state index is 12.6. The van der Waals surface area contributed by atoms with Crippen LogP contribution in [-0.4, -0.2) is 33.6 Å². The molecule has 9 nitrogen and oxygen atoms in total. The van der Waals surface area contributed by atoms with Gasteiger partial charge in [0.2, 0.25) is 0 Å². The van der Waals surface area contributed by atoms with Gasteiger partial charge in [0.05, 0.1) is 23.9 Å². The van der Waals surface area contributed by atoms with Gasteiger partial charge in [-0.25, -0.2) is 19.1 Å². The third kappa shape index (κ3) is 3.85. The van der Waals surface area contributed by atoms with E-state index < -0.39 is 11.9 Å². The Kier molecular flexibility index (Phi) is 5.51. The van der Waals surface area contributed by atoms with E-state index in [1.807, 2.05) is 36.4 Å². The summed E-state index contributed by atoms with van der Waals surface area (Å²) in [6, 6.07) is 18.5. The van der Waals surface area contributed by atoms with Gasteiger partial charge in [0.1, 0.15) is 18.4 Å². The number of carbonyl (C=O) groups is 2. The second kappa shape index (κ2) is 8.57. The van der Waals surface area contributed by atoms with Crippen LogP contribution in [0.1, 0.15) is 32.0 Å². The minimum atomic E-state index is -0.747. The number of hydrogen-bond donors (Lipinski definition) is 1. The van der Waals surface area contributed by atoms with Gasteiger partial charge < -0.3 is 9.47 Å². The number of fused-ring (bicyclic) bond motifs is 1. The number of H-pyrrole nitrogens is 1. The van der Waals surface area contributed by atoms with E-state index in [-0.39, 0.29) is 34.6 Å². The molecule has 2 heterocycles. The summed E-state index contributed by atoms with van der Waals surface area (Å²) in [6.45, 7) is -0.250. The van der Waals surface area contributed by atoms with Crippen molar-refractivity contribution in [3.05, 3.63) is 93.4 Å². The van der Waals surface area contributed by atoms with Crippen molar-refractivity contribution in [1.82, 2.24) is 14.6 Å². The van der Waals surface area contributed by atoms with E-state index in [1.165, 1.54) is 25.3 Å². The number of benzene rings is 2. The summed E-state index contributed by atoms with van der Waals surface area (Å²) in [5.41, 5.74) is 1.63. The number of methoxy groups -OCH3 is 1. The summed E-state index contributed by atoms with van der Waals surface area (Å²) in [7, 11) is 1.21. The number of ether oxygens (including phenoxy) is 2. The molecule has 0 radical (unpaired) electrons. The molecule has 9 heteroatoms. The van der Waals surface area contributed by atoms with Crippen molar-refractivity contribution < 1.29 is 19.1 Å². The summed E-state index contributed by atoms with van der Waals surface area (Å²) >= 11 is 0. The lowest BCUT2D eigenvalue weighted by Gasteiger charge is -2.08. The summed E-state index contributed by atoms with van der Waals surface area (Å²) in [6.07, 6.45) is 0. The van der Waals surface area contributed by atoms with E-state index in [9.17, 15) is 19.6 Å². The Morgan fingerprint density at radius 1 is 1.09 bits per heavy atom. The zero-order chi connectivity index (χ0) is 22.7. The predicted molar refractivity (Wildman–Crippen MR) is 113 cm³/mol. The second-order valence-corrected chi connectivity index (χ2v) is 6.73. The van der Waals surface area contributed by atoms with Crippen molar-refractivity contribution in [3.63, 3.8) is 0 Å². The molecule has 32 heavy (non-hydrogen) atoms. The quantitative estimate of drug-likeness (QED) is 0.484. The summed E-state index contributed by atoms with van der Waals surface area (Å²) in [5.74, 6) is -1.41. The van der Waals surface area contributed by atoms with Gasteiger partial charge in [0, 0.05) is 23.3 Å². The van der Waals surface area contributed by atoms with E-state index in [1.54, 1.807) is 12.1 Å². The largest absolute Gasteiger partial charge is 0.465 e. The summed E-state index contributed by atoms with van der Waals surface area (Å²) in [4.78, 5) is 41.3. The molecule has 0 saturated carbocycles. The number of nitrogens with one attached hydrogen (secondary N) is 1. The Morgan fingerprint density at radius 3 is 2.59 bits per heavy atom. The second-order valence-electron chi connectivity index (χ2n) is 6.73. The Bertz CT molecular complexity index is 1430. The molecule has 0 unspecified atom stereocenters. The highest BCUT2D eigenvalue weighted by atomic mass is 16.5. The van der Waals surface area contributed by atoms with Gasteiger partial charge in [-0.2, -0.15) is 5.26 Å². The molecule has 0 aliphatic rings. The first-order valence-corrected chi connectivity index (χ1v) is 9.47. The molecule has 0 fully saturated rings. The molecule has 4 aromatic rings. The molecule has 0 amide bonds. The Hall–Kier alpha value is -4.71. The lowest BCUT2D eigenvalue weighted by Crippen LogP contribution is -2.15. The molecule has 0 aliphatic carbocycles. The normalized spacial score (nSPS) is 10.5. The third-order valence-corrected chi connectivity index (χ3v) is 4.77. The highest BCUT2D eigenvalue weighted by Crippen LogP contribution is 2.18. The van der Waals surface area contributed by atoms with Gasteiger partial charge in [-0.15, -0.1) is 0 Å². The predicted octanol–water partition coefficient (Wildman–Crippen LogP) is 2.70. The number of rotatable bonds is 5. The molecule has 2 aromatic carbocycles. The minimum Gasteiger partial charge on any atom is -0.465 e. The number of aromatic amines is 1. The molecular weight excluding hydrogens is 412 g/mol. The van der Waals surface area contributed by atoms with Crippen molar-refractivity contribution >= 4 is 17.6 Å². The topological polar surface area (TPSA) is 127 Å². The van der Waals surface area contributed by atoms with Crippen molar-refractivity contribution in [1.29, 1.82) is 5.26 Å². The smallest absolute Gasteiger partial charge is 0.356 e. The average Bonchev–Trinajstić information content (AvgIpc) is 3.27. The van der Waals surface area contributed by atoms with Crippen LogP contribution in [-0.2, 0) is 16.1 Å². The van der Waals surface area contributed by atoms with E-state index in [0.29, 0.717) is 11.3 Å². The Morgan fingerprint density at radius 2 is 1.88 bits per heavy atom. The maximum Gasteiger partial charge on any atom is 0.356 e. The fourth-order valence-corrected chi connectivity index (χ4v) is 3.21. The first-order valence-electron chi connectivity index (χ1n) is 9.47. The van der Waals surface area contributed by atoms with Gasteiger partial charge in [0.25, 0.3) is 5.56 Å². The number of carbonyl (C=O) groups excluding carboxylic acids is 2. The van der Waals surface area contributed by atoms with Crippen molar-refractivity contribution in [2.24, 2.45) is 0 Å². The first-order chi connectivity index (χ1) is 15.5. The van der Waals surface area contributed by atoms with Gasteiger partial charge in [-0.05, 0) is 6.07 Å². The monoisotopic (exact) mass is 428 g/mol. The lowest BCUT2D eigenvalue weighted by atomic mass is 10.0. The standard InChI is InChI=1S/C23H16N4O5/c1-31-22(29)16-9-5-8-15(17(16)12-24)13-32-23(30)19-10-20-25-18(11-21(28)27(20)26-19)14-6-3-2-4-7-14/h2-11,26H,13H2,1H3. The molecule has 0 saturated heterocycles. The first kappa shape index (κ1) is 20.6. The van der Waals surface area contributed by atoms with E-state index in [2.05, 4.69) is 14.8 Å². The molecule has 0 bridgehead atoms. The molecule has 1 N–H and O–H groups in total. The van der Waals surface area contributed by atoms with Crippen LogP contribution in [0.25, 0.3) is 16.9 Å². The van der Waals surface area contributed by atoms with Crippen LogP contribution in [0.2, 0.25) is 0 Å². The van der Waals surface area contributed by atoms with Crippen molar-refractivity contribution in [3.8, 4) is 17.3 Å². The Labute approximate surface area is 181 Å². The van der Waals surface area contributed by atoms with Gasteiger partial charge in [0.15, 0.2) is 5.65 Å². The average molecular weight is 428 g/mol. The number of nitrogens with zero attached hydrogens (tertiary/aromatic N) is 3. The van der Waals surface area contributed by atoms with Crippen molar-refractivity contribution in [2.75, 3.05) is 7.11 Å². The fourth-order valence-electron chi connectivity index (χ4n) is 3.21. The van der Waals surface area contributed by atoms with E-state index >= 15 is 0 Å². The molecule has 4 rings (SSSR count). The summed E-state index contributed by atoms with van der Waals surface area (Å²) in [5, 5.41) is 12.1. The van der Waals surface area contributed by atoms with Crippen LogP contribution in [0.15, 0.2) is 65.5 Å². The molecule has 0 spiro atoms. The highest BCUT2D eigenvalue weighted by Gasteiger charge is 2.18. The molecule has 2 aromatic heterocycles. The number of hydrogen-bond acceptors (Lipinski definition) is 7. The van der Waals surface area contributed by atoms with Gasteiger partial charge in [-0.1, -0.05) is 42.5 Å². The van der Waals surface area contributed by atoms with Gasteiger partial charge in [-0.3, -0.25) is 9.89 Å². The van der Waals surface area contributed by atoms with Crippen LogP contribution in [0, 0.1) is 11.3 Å². The SMILES string of the molecule is COC(=O)c1cccc(COC(=O)c2cc3nc(-c4ccccc4)cc(=O)n3[nH]2)c1C#N. The van der Waals surface area contributed by atoms with E-state index in [0.717, 1.165) is 10.1 Å². The maximum absolute atomic E-state index is 12.6. The molecule has 0 atom stereocenters. The number of aromatic nitrogens is 3. The van der Waals surface area contributed by atoms with Crippen molar-refractivity contribution in [2.45, 2.75) is 6.61 Å². The zero-order valence-corrected chi connectivity index (χ0v) is 16.9. The van der Waals surface area contributed by atoms with Crippen LogP contribution in [0.3, 0.4) is 0 Å². The van der Waals surface area contributed by atoms with Crippen LogP contribution >= 0.6 is 0 Å². The molecule has 0 aliphatic heterocycles. The number of esters is 2. The minimum absolute atomic E-state index is 0.0161.